The van der Waals surface area contributed by atoms with Gasteiger partial charge in [0.05, 0.1) is 0 Å². The summed E-state index contributed by atoms with van der Waals surface area (Å²) in [5, 5.41) is 0. The van der Waals surface area contributed by atoms with Crippen molar-refractivity contribution in [3.05, 3.63) is 60.8 Å². The van der Waals surface area contributed by atoms with Crippen molar-refractivity contribution < 1.29 is 28.6 Å². The quantitative estimate of drug-likeness (QED) is 0.0199. The van der Waals surface area contributed by atoms with Gasteiger partial charge in [-0.25, -0.2) is 0 Å². The standard InChI is InChI=1S/C64H114O6/c1-4-7-10-13-16-19-22-25-28-31-32-34-36-39-42-45-48-51-54-57-63(66)69-60-61(59-68-62(65)56-53-50-47-44-41-38-35-30-27-24-21-18-15-12-9-6-3)70-64(67)58-55-52-49-46-43-40-37-33-29-26-23-20-17-14-11-8-5-2/h16,19,22,25-26,29-30,35,38,41,61H,4-15,17-18,20-21,23-24,27-28,31-34,36-37,39-40,42-60H2,1-3H3/b19-16-,25-22-,29-26-,35-30-,41-38-. The van der Waals surface area contributed by atoms with Crippen LogP contribution >= 0.6 is 0 Å². The van der Waals surface area contributed by atoms with E-state index >= 15 is 0 Å². The smallest absolute Gasteiger partial charge is 0.306 e. The Bertz CT molecular complexity index is 1260. The van der Waals surface area contributed by atoms with E-state index < -0.39 is 6.10 Å². The second kappa shape index (κ2) is 58.7. The maximum absolute atomic E-state index is 12.9. The van der Waals surface area contributed by atoms with Crippen molar-refractivity contribution in [2.24, 2.45) is 0 Å². The maximum atomic E-state index is 12.9. The first kappa shape index (κ1) is 67.1. The van der Waals surface area contributed by atoms with E-state index in [1.807, 2.05) is 0 Å². The van der Waals surface area contributed by atoms with Crippen molar-refractivity contribution in [1.29, 1.82) is 0 Å². The lowest BCUT2D eigenvalue weighted by atomic mass is 10.1. The van der Waals surface area contributed by atoms with Crippen LogP contribution < -0.4 is 0 Å². The van der Waals surface area contributed by atoms with Gasteiger partial charge in [-0.3, -0.25) is 14.4 Å². The summed E-state index contributed by atoms with van der Waals surface area (Å²) >= 11 is 0. The first-order chi connectivity index (χ1) is 34.5. The van der Waals surface area contributed by atoms with E-state index in [4.69, 9.17) is 14.2 Å². The molecule has 0 heterocycles. The van der Waals surface area contributed by atoms with Crippen LogP contribution in [0.3, 0.4) is 0 Å². The van der Waals surface area contributed by atoms with Gasteiger partial charge in [0.1, 0.15) is 13.2 Å². The average molecular weight is 980 g/mol. The third-order valence-electron chi connectivity index (χ3n) is 13.3. The Morgan fingerprint density at radius 2 is 0.514 bits per heavy atom. The normalized spacial score (nSPS) is 12.4. The van der Waals surface area contributed by atoms with Crippen molar-refractivity contribution in [3.63, 3.8) is 0 Å². The number of allylic oxidation sites excluding steroid dienone is 10. The molecule has 6 heteroatoms. The minimum atomic E-state index is -0.789. The molecule has 0 aliphatic heterocycles. The van der Waals surface area contributed by atoms with Gasteiger partial charge in [0.2, 0.25) is 0 Å². The molecule has 0 saturated heterocycles. The van der Waals surface area contributed by atoms with E-state index in [1.54, 1.807) is 0 Å². The van der Waals surface area contributed by atoms with E-state index in [0.29, 0.717) is 19.3 Å². The molecule has 0 amide bonds. The molecule has 1 atom stereocenters. The lowest BCUT2D eigenvalue weighted by molar-refractivity contribution is -0.167. The van der Waals surface area contributed by atoms with Crippen molar-refractivity contribution in [2.45, 2.75) is 316 Å². The summed E-state index contributed by atoms with van der Waals surface area (Å²) in [5.74, 6) is -0.906. The molecule has 70 heavy (non-hydrogen) atoms. The molecular formula is C64H114O6. The third kappa shape index (κ3) is 56.0. The molecule has 0 aliphatic rings. The number of hydrogen-bond donors (Lipinski definition) is 0. The summed E-state index contributed by atoms with van der Waals surface area (Å²) in [6.07, 6.45) is 73.5. The van der Waals surface area contributed by atoms with Gasteiger partial charge < -0.3 is 14.2 Å². The van der Waals surface area contributed by atoms with Crippen LogP contribution in [0.15, 0.2) is 60.8 Å². The highest BCUT2D eigenvalue weighted by atomic mass is 16.6. The van der Waals surface area contributed by atoms with Crippen LogP contribution in [0.5, 0.6) is 0 Å². The zero-order valence-corrected chi connectivity index (χ0v) is 46.5. The van der Waals surface area contributed by atoms with Gasteiger partial charge in [0.15, 0.2) is 6.10 Å². The van der Waals surface area contributed by atoms with Gasteiger partial charge in [0.25, 0.3) is 0 Å². The Kier molecular flexibility index (Phi) is 56.3. The van der Waals surface area contributed by atoms with Gasteiger partial charge >= 0.3 is 17.9 Å². The predicted octanol–water partition coefficient (Wildman–Crippen LogP) is 20.4. The fourth-order valence-electron chi connectivity index (χ4n) is 8.66. The largest absolute Gasteiger partial charge is 0.462 e. The second-order valence-electron chi connectivity index (χ2n) is 20.3. The summed E-state index contributed by atoms with van der Waals surface area (Å²) in [5.41, 5.74) is 0. The minimum absolute atomic E-state index is 0.0849. The molecule has 0 aromatic carbocycles. The third-order valence-corrected chi connectivity index (χ3v) is 13.3. The summed E-state index contributed by atoms with van der Waals surface area (Å²) in [7, 11) is 0. The second-order valence-corrected chi connectivity index (χ2v) is 20.3. The number of unbranched alkanes of at least 4 members (excludes halogenated alkanes) is 36. The summed E-state index contributed by atoms with van der Waals surface area (Å²) in [6, 6.07) is 0. The molecule has 6 nitrogen and oxygen atoms in total. The van der Waals surface area contributed by atoms with E-state index in [1.165, 1.54) is 199 Å². The highest BCUT2D eigenvalue weighted by Crippen LogP contribution is 2.16. The fraction of sp³-hybridized carbons (Fsp3) is 0.797. The van der Waals surface area contributed by atoms with Crippen molar-refractivity contribution >= 4 is 17.9 Å². The Morgan fingerprint density at radius 1 is 0.286 bits per heavy atom. The lowest BCUT2D eigenvalue weighted by Gasteiger charge is -2.18. The molecule has 0 radical (unpaired) electrons. The first-order valence-corrected chi connectivity index (χ1v) is 30.3. The van der Waals surface area contributed by atoms with Crippen molar-refractivity contribution in [1.82, 2.24) is 0 Å². The topological polar surface area (TPSA) is 78.9 Å². The van der Waals surface area contributed by atoms with Gasteiger partial charge in [-0.15, -0.1) is 0 Å². The lowest BCUT2D eigenvalue weighted by Crippen LogP contribution is -2.30. The van der Waals surface area contributed by atoms with Crippen LogP contribution in [0.4, 0.5) is 0 Å². The molecule has 0 rings (SSSR count). The SMILES string of the molecule is CCCCC/C=C\C=C/CCCCCCCCCCCCC(=O)OCC(COC(=O)CCCCC/C=C\C=C/CCCCCCCCC)OC(=O)CCCCCCCCC/C=C\CCCCCCCC. The molecule has 0 aromatic heterocycles. The van der Waals surface area contributed by atoms with Crippen LogP contribution in [0.25, 0.3) is 0 Å². The van der Waals surface area contributed by atoms with E-state index in [2.05, 4.69) is 81.5 Å². The number of hydrogen-bond acceptors (Lipinski definition) is 6. The van der Waals surface area contributed by atoms with Crippen LogP contribution in [-0.2, 0) is 28.6 Å². The Balaban J connectivity index is 4.40. The zero-order valence-electron chi connectivity index (χ0n) is 46.5. The van der Waals surface area contributed by atoms with Gasteiger partial charge in [0, 0.05) is 19.3 Å². The summed E-state index contributed by atoms with van der Waals surface area (Å²) < 4.78 is 16.9. The molecule has 1 unspecified atom stereocenters. The average Bonchev–Trinajstić information content (AvgIpc) is 3.36. The number of esters is 3. The molecule has 0 fully saturated rings. The molecule has 0 N–H and O–H groups in total. The number of rotatable bonds is 55. The van der Waals surface area contributed by atoms with E-state index in [9.17, 15) is 14.4 Å². The molecule has 0 aliphatic carbocycles. The monoisotopic (exact) mass is 979 g/mol. The van der Waals surface area contributed by atoms with Crippen LogP contribution in [0, 0.1) is 0 Å². The Labute approximate surface area is 434 Å². The molecule has 0 aromatic rings. The molecule has 0 spiro atoms. The van der Waals surface area contributed by atoms with Gasteiger partial charge in [-0.05, 0) is 96.3 Å². The van der Waals surface area contributed by atoms with E-state index in [-0.39, 0.29) is 31.1 Å². The van der Waals surface area contributed by atoms with Gasteiger partial charge in [-0.2, -0.15) is 0 Å². The van der Waals surface area contributed by atoms with Crippen LogP contribution in [0.2, 0.25) is 0 Å². The number of carbonyl (C=O) groups excluding carboxylic acids is 3. The molecule has 0 saturated carbocycles. The summed E-state index contributed by atoms with van der Waals surface area (Å²) in [4.78, 5) is 38.2. The molecule has 0 bridgehead atoms. The van der Waals surface area contributed by atoms with Crippen LogP contribution in [-0.4, -0.2) is 37.2 Å². The Hall–Kier alpha value is -2.89. The van der Waals surface area contributed by atoms with Crippen molar-refractivity contribution in [2.75, 3.05) is 13.2 Å². The predicted molar refractivity (Wildman–Crippen MR) is 302 cm³/mol. The minimum Gasteiger partial charge on any atom is -0.462 e. The number of carbonyl (C=O) groups is 3. The van der Waals surface area contributed by atoms with Crippen molar-refractivity contribution in [3.8, 4) is 0 Å². The number of ether oxygens (including phenoxy) is 3. The first-order valence-electron chi connectivity index (χ1n) is 30.3. The van der Waals surface area contributed by atoms with Gasteiger partial charge in [-0.1, -0.05) is 255 Å². The maximum Gasteiger partial charge on any atom is 0.306 e. The zero-order chi connectivity index (χ0) is 50.7. The highest BCUT2D eigenvalue weighted by Gasteiger charge is 2.19. The fourth-order valence-corrected chi connectivity index (χ4v) is 8.66. The van der Waals surface area contributed by atoms with Crippen LogP contribution in [0.1, 0.15) is 310 Å². The molecule has 406 valence electrons. The van der Waals surface area contributed by atoms with E-state index in [0.717, 1.165) is 70.6 Å². The summed E-state index contributed by atoms with van der Waals surface area (Å²) in [6.45, 7) is 6.61. The molecular weight excluding hydrogens is 865 g/mol. The highest BCUT2D eigenvalue weighted by molar-refractivity contribution is 5.71. The Morgan fingerprint density at radius 3 is 0.843 bits per heavy atom.